The lowest BCUT2D eigenvalue weighted by molar-refractivity contribution is -0.119. The Bertz CT molecular complexity index is 1320. The minimum atomic E-state index is -3.95. The number of amides is 2. The molecule has 0 unspecified atom stereocenters. The molecule has 2 aromatic rings. The van der Waals surface area contributed by atoms with Crippen LogP contribution in [0.15, 0.2) is 46.2 Å². The lowest BCUT2D eigenvalue weighted by atomic mass is 10.2. The Labute approximate surface area is 201 Å². The Kier molecular flexibility index (Phi) is 5.91. The van der Waals surface area contributed by atoms with Gasteiger partial charge in [-0.05, 0) is 42.8 Å². The van der Waals surface area contributed by atoms with Crippen molar-refractivity contribution >= 4 is 43.2 Å². The largest absolute Gasteiger partial charge is 0.482 e. The summed E-state index contributed by atoms with van der Waals surface area (Å²) < 4.78 is 66.1. The molecule has 0 saturated carbocycles. The fourth-order valence-corrected chi connectivity index (χ4v) is 7.09. The number of benzene rings is 2. The molecule has 35 heavy (non-hydrogen) atoms. The molecule has 12 nitrogen and oxygen atoms in total. The number of ether oxygens (including phenoxy) is 2. The van der Waals surface area contributed by atoms with Crippen LogP contribution in [0.3, 0.4) is 0 Å². The van der Waals surface area contributed by atoms with E-state index in [2.05, 4.69) is 10.6 Å². The summed E-state index contributed by atoms with van der Waals surface area (Å²) in [6, 6.07) is 8.43. The van der Waals surface area contributed by atoms with E-state index in [0.29, 0.717) is 11.5 Å². The number of carbonyl (C=O) groups is 2. The van der Waals surface area contributed by atoms with Gasteiger partial charge in [-0.3, -0.25) is 9.59 Å². The second-order valence-corrected chi connectivity index (χ2v) is 12.0. The monoisotopic (exact) mass is 522 g/mol. The number of nitrogens with one attached hydrogen (secondary N) is 2. The quantitative estimate of drug-likeness (QED) is 0.587. The maximum atomic E-state index is 13.3. The third-order valence-electron chi connectivity index (χ3n) is 5.86. The highest BCUT2D eigenvalue weighted by atomic mass is 32.2. The average Bonchev–Trinajstić information content (AvgIpc) is 3.10. The maximum absolute atomic E-state index is 13.3. The lowest BCUT2D eigenvalue weighted by Crippen LogP contribution is -2.37. The zero-order valence-electron chi connectivity index (χ0n) is 18.4. The minimum absolute atomic E-state index is 0.0243. The van der Waals surface area contributed by atoms with Crippen molar-refractivity contribution in [1.82, 2.24) is 8.61 Å². The van der Waals surface area contributed by atoms with Crippen molar-refractivity contribution in [3.05, 3.63) is 36.4 Å². The van der Waals surface area contributed by atoms with Gasteiger partial charge in [0.05, 0.1) is 21.2 Å². The second-order valence-electron chi connectivity index (χ2n) is 8.15. The molecule has 3 aliphatic heterocycles. The summed E-state index contributed by atoms with van der Waals surface area (Å²) in [5.41, 5.74) is 0.537. The summed E-state index contributed by atoms with van der Waals surface area (Å²) in [7, 11) is -7.89. The third-order valence-corrected chi connectivity index (χ3v) is 9.65. The molecule has 5 rings (SSSR count). The van der Waals surface area contributed by atoms with Crippen LogP contribution in [-0.4, -0.2) is 76.7 Å². The SMILES string of the molecule is O=C1COc2ccc(S(=O)(=O)N3CCCN(S(=O)(=O)c4ccc5c(c4)NC(=O)CO5)CC3)cc2N1. The Morgan fingerprint density at radius 3 is 1.51 bits per heavy atom. The molecule has 2 N–H and O–H groups in total. The Hall–Kier alpha value is -3.20. The van der Waals surface area contributed by atoms with Gasteiger partial charge in [0.2, 0.25) is 20.0 Å². The van der Waals surface area contributed by atoms with Crippen molar-refractivity contribution in [1.29, 1.82) is 0 Å². The Balaban J connectivity index is 1.34. The van der Waals surface area contributed by atoms with E-state index in [1.807, 2.05) is 0 Å². The van der Waals surface area contributed by atoms with Crippen molar-refractivity contribution in [2.75, 3.05) is 50.0 Å². The summed E-state index contributed by atoms with van der Waals surface area (Å²) in [6.07, 6.45) is 0.286. The summed E-state index contributed by atoms with van der Waals surface area (Å²) in [6.45, 7) is -0.123. The molecule has 2 amide bonds. The summed E-state index contributed by atoms with van der Waals surface area (Å²) in [5, 5.41) is 5.18. The normalized spacial score (nSPS) is 19.3. The van der Waals surface area contributed by atoms with E-state index in [9.17, 15) is 26.4 Å². The van der Waals surface area contributed by atoms with Crippen LogP contribution in [0.25, 0.3) is 0 Å². The topological polar surface area (TPSA) is 151 Å². The molecule has 3 heterocycles. The van der Waals surface area contributed by atoms with Crippen molar-refractivity contribution in [2.24, 2.45) is 0 Å². The summed E-state index contributed by atoms with van der Waals surface area (Å²) >= 11 is 0. The zero-order valence-corrected chi connectivity index (χ0v) is 20.0. The molecule has 0 bridgehead atoms. The van der Waals surface area contributed by atoms with E-state index in [0.717, 1.165) is 0 Å². The average molecular weight is 523 g/mol. The van der Waals surface area contributed by atoms with Gasteiger partial charge in [0.15, 0.2) is 13.2 Å². The highest BCUT2D eigenvalue weighted by molar-refractivity contribution is 7.89. The van der Waals surface area contributed by atoms with Crippen molar-refractivity contribution in [3.63, 3.8) is 0 Å². The molecule has 0 spiro atoms. The van der Waals surface area contributed by atoms with Crippen LogP contribution in [0.2, 0.25) is 0 Å². The smallest absolute Gasteiger partial charge is 0.262 e. The molecule has 0 aromatic heterocycles. The van der Waals surface area contributed by atoms with Gasteiger partial charge >= 0.3 is 0 Å². The maximum Gasteiger partial charge on any atom is 0.262 e. The molecule has 1 fully saturated rings. The molecule has 2 aromatic carbocycles. The first-order valence-corrected chi connectivity index (χ1v) is 13.7. The molecule has 0 atom stereocenters. The van der Waals surface area contributed by atoms with Crippen molar-refractivity contribution in [2.45, 2.75) is 16.2 Å². The standard InChI is InChI=1S/C21H22N4O8S2/c26-20-12-32-18-4-2-14(10-16(18)22-20)34(28,29)24-6-1-7-25(9-8-24)35(30,31)15-3-5-19-17(11-15)23-21(27)13-33-19/h2-5,10-11H,1,6-9,12-13H2,(H,22,26)(H,23,27). The second kappa shape index (κ2) is 8.78. The van der Waals surface area contributed by atoms with Crippen LogP contribution >= 0.6 is 0 Å². The highest BCUT2D eigenvalue weighted by Crippen LogP contribution is 2.33. The van der Waals surface area contributed by atoms with Crippen LogP contribution in [0, 0.1) is 0 Å². The first-order valence-electron chi connectivity index (χ1n) is 10.8. The number of rotatable bonds is 4. The number of anilines is 2. The van der Waals surface area contributed by atoms with E-state index in [4.69, 9.17) is 9.47 Å². The van der Waals surface area contributed by atoms with Gasteiger partial charge in [-0.15, -0.1) is 0 Å². The van der Waals surface area contributed by atoms with Crippen LogP contribution < -0.4 is 20.1 Å². The number of carbonyl (C=O) groups excluding carboxylic acids is 2. The first kappa shape index (κ1) is 23.5. The molecule has 1 saturated heterocycles. The van der Waals surface area contributed by atoms with Gasteiger partial charge < -0.3 is 20.1 Å². The molecule has 186 valence electrons. The van der Waals surface area contributed by atoms with Gasteiger partial charge in [0.1, 0.15) is 11.5 Å². The van der Waals surface area contributed by atoms with Crippen molar-refractivity contribution < 1.29 is 35.9 Å². The minimum Gasteiger partial charge on any atom is -0.482 e. The first-order chi connectivity index (χ1) is 16.6. The Morgan fingerprint density at radius 1 is 0.657 bits per heavy atom. The van der Waals surface area contributed by atoms with E-state index in [1.54, 1.807) is 0 Å². The van der Waals surface area contributed by atoms with Gasteiger partial charge in [-0.2, -0.15) is 8.61 Å². The summed E-state index contributed by atoms with van der Waals surface area (Å²) in [5.74, 6) is -0.00130. The number of sulfonamides is 2. The van der Waals surface area contributed by atoms with Gasteiger partial charge in [0.25, 0.3) is 11.8 Å². The number of nitrogens with zero attached hydrogens (tertiary/aromatic N) is 2. The highest BCUT2D eigenvalue weighted by Gasteiger charge is 2.33. The zero-order chi connectivity index (χ0) is 24.8. The molecular formula is C21H22N4O8S2. The van der Waals surface area contributed by atoms with E-state index in [1.165, 1.54) is 45.0 Å². The molecule has 0 aliphatic carbocycles. The van der Waals surface area contributed by atoms with Crippen LogP contribution in [0.4, 0.5) is 11.4 Å². The molecule has 14 heteroatoms. The third kappa shape index (κ3) is 4.45. The number of hydrogen-bond acceptors (Lipinski definition) is 8. The molecule has 0 radical (unpaired) electrons. The molecule has 3 aliphatic rings. The Morgan fingerprint density at radius 2 is 1.09 bits per heavy atom. The molecular weight excluding hydrogens is 500 g/mol. The van der Waals surface area contributed by atoms with E-state index >= 15 is 0 Å². The van der Waals surface area contributed by atoms with Crippen LogP contribution in [0.1, 0.15) is 6.42 Å². The van der Waals surface area contributed by atoms with Gasteiger partial charge in [0, 0.05) is 26.2 Å². The fraction of sp³-hybridized carbons (Fsp3) is 0.333. The predicted molar refractivity (Wildman–Crippen MR) is 123 cm³/mol. The summed E-state index contributed by atoms with van der Waals surface area (Å²) in [4.78, 5) is 23.1. The number of hydrogen-bond donors (Lipinski definition) is 2. The predicted octanol–water partition coefficient (Wildman–Crippen LogP) is 0.434. The van der Waals surface area contributed by atoms with Crippen molar-refractivity contribution in [3.8, 4) is 11.5 Å². The fourth-order valence-electron chi connectivity index (χ4n) is 4.09. The number of fused-ring (bicyclic) bond motifs is 2. The van der Waals surface area contributed by atoms with Gasteiger partial charge in [-0.1, -0.05) is 0 Å². The van der Waals surface area contributed by atoms with Gasteiger partial charge in [-0.25, -0.2) is 16.8 Å². The van der Waals surface area contributed by atoms with Crippen LogP contribution in [0.5, 0.6) is 11.5 Å². The lowest BCUT2D eigenvalue weighted by Gasteiger charge is -2.24. The van der Waals surface area contributed by atoms with Crippen LogP contribution in [-0.2, 0) is 29.6 Å². The van der Waals surface area contributed by atoms with E-state index < -0.39 is 20.0 Å². The van der Waals surface area contributed by atoms with E-state index in [-0.39, 0.29) is 78.8 Å².